The normalized spacial score (nSPS) is 15.5. The number of carbonyl (C=O) groups excluding carboxylic acids is 1. The van der Waals surface area contributed by atoms with Crippen LogP contribution in [0.4, 0.5) is 0 Å². The summed E-state index contributed by atoms with van der Waals surface area (Å²) in [4.78, 5) is 13.2. The summed E-state index contributed by atoms with van der Waals surface area (Å²) in [6.07, 6.45) is 2.27. The van der Waals surface area contributed by atoms with E-state index in [1.807, 2.05) is 0 Å². The van der Waals surface area contributed by atoms with Gasteiger partial charge in [-0.15, -0.1) is 0 Å². The van der Waals surface area contributed by atoms with Crippen molar-refractivity contribution in [2.75, 3.05) is 19.6 Å². The van der Waals surface area contributed by atoms with E-state index in [-0.39, 0.29) is 0 Å². The molecule has 1 amide bonds. The minimum atomic E-state index is -0.913. The Morgan fingerprint density at radius 1 is 1.43 bits per heavy atom. The third kappa shape index (κ3) is 4.58. The fourth-order valence-corrected chi connectivity index (χ4v) is 1.27. The number of hydrogen-bond acceptors (Lipinski definition) is 3. The van der Waals surface area contributed by atoms with E-state index in [0.717, 1.165) is 25.9 Å². The first-order valence-electron chi connectivity index (χ1n) is 5.25. The number of carbonyl (C=O) groups is 1. The molecule has 4 N–H and O–H groups in total. The summed E-state index contributed by atoms with van der Waals surface area (Å²) >= 11 is 0. The molecule has 0 aliphatic carbocycles. The lowest BCUT2D eigenvalue weighted by Crippen LogP contribution is -2.56. The Morgan fingerprint density at radius 3 is 2.36 bits per heavy atom. The number of nitrogens with two attached hydrogens (primary N) is 2. The molecule has 0 heterocycles. The van der Waals surface area contributed by atoms with Gasteiger partial charge in [0, 0.05) is 6.54 Å². The molecule has 0 saturated heterocycles. The van der Waals surface area contributed by atoms with Crippen LogP contribution in [0.25, 0.3) is 0 Å². The highest BCUT2D eigenvalue weighted by molar-refractivity contribution is 5.84. The number of nitrogens with zero attached hydrogens (tertiary/aromatic N) is 1. The molecule has 1 atom stereocenters. The smallest absolute Gasteiger partial charge is 0.238 e. The van der Waals surface area contributed by atoms with Gasteiger partial charge in [-0.05, 0) is 26.4 Å². The lowest BCUT2D eigenvalue weighted by molar-refractivity contribution is -0.123. The summed E-state index contributed by atoms with van der Waals surface area (Å²) in [5.74, 6) is -0.438. The molecule has 0 bridgehead atoms. The van der Waals surface area contributed by atoms with Crippen molar-refractivity contribution in [3.8, 4) is 0 Å². The Morgan fingerprint density at radius 2 is 2.00 bits per heavy atom. The average molecular weight is 201 g/mol. The summed E-state index contributed by atoms with van der Waals surface area (Å²) < 4.78 is 0. The van der Waals surface area contributed by atoms with Crippen LogP contribution in [0.2, 0.25) is 0 Å². The van der Waals surface area contributed by atoms with Gasteiger partial charge >= 0.3 is 0 Å². The molecule has 1 unspecified atom stereocenters. The van der Waals surface area contributed by atoms with Gasteiger partial charge in [-0.3, -0.25) is 4.79 Å². The molecular weight excluding hydrogens is 178 g/mol. The Hall–Kier alpha value is -0.610. The summed E-state index contributed by atoms with van der Waals surface area (Å²) in [7, 11) is 0. The molecule has 0 radical (unpaired) electrons. The zero-order chi connectivity index (χ0) is 11.2. The molecule has 0 aromatic heterocycles. The third-order valence-electron chi connectivity index (χ3n) is 2.39. The van der Waals surface area contributed by atoms with E-state index in [2.05, 4.69) is 18.7 Å². The van der Waals surface area contributed by atoms with Crippen molar-refractivity contribution in [1.82, 2.24) is 4.90 Å². The maximum Gasteiger partial charge on any atom is 0.238 e. The molecule has 0 saturated carbocycles. The van der Waals surface area contributed by atoms with Crippen LogP contribution < -0.4 is 11.5 Å². The summed E-state index contributed by atoms with van der Waals surface area (Å²) in [5.41, 5.74) is 10.1. The topological polar surface area (TPSA) is 72.3 Å². The third-order valence-corrected chi connectivity index (χ3v) is 2.39. The fraction of sp³-hybridized carbons (Fsp3) is 0.900. The summed E-state index contributed by atoms with van der Waals surface area (Å²) in [6, 6.07) is 0. The van der Waals surface area contributed by atoms with Gasteiger partial charge in [0.1, 0.15) is 5.54 Å². The van der Waals surface area contributed by atoms with Crippen LogP contribution in [0.1, 0.15) is 33.6 Å². The maximum atomic E-state index is 11.0. The average Bonchev–Trinajstić information content (AvgIpc) is 2.11. The number of unbranched alkanes of at least 4 members (excludes halogenated alkanes) is 1. The molecule has 0 rings (SSSR count). The molecule has 4 heteroatoms. The quantitative estimate of drug-likeness (QED) is 0.622. The largest absolute Gasteiger partial charge is 0.368 e. The number of hydrogen-bond donors (Lipinski definition) is 2. The van der Waals surface area contributed by atoms with Crippen LogP contribution in [0, 0.1) is 0 Å². The Labute approximate surface area is 86.6 Å². The summed E-state index contributed by atoms with van der Waals surface area (Å²) in [5, 5.41) is 0. The zero-order valence-corrected chi connectivity index (χ0v) is 9.55. The molecule has 4 nitrogen and oxygen atoms in total. The highest BCUT2D eigenvalue weighted by Crippen LogP contribution is 2.03. The van der Waals surface area contributed by atoms with Gasteiger partial charge in [0.05, 0.1) is 0 Å². The SMILES string of the molecule is CCCCN(CC)CC(C)(N)C(N)=O. The second kappa shape index (κ2) is 5.98. The first-order chi connectivity index (χ1) is 6.44. The summed E-state index contributed by atoms with van der Waals surface area (Å²) in [6.45, 7) is 8.31. The molecule has 0 aliphatic rings. The van der Waals surface area contributed by atoms with E-state index in [1.165, 1.54) is 0 Å². The predicted molar refractivity (Wildman–Crippen MR) is 58.8 cm³/mol. The molecular formula is C10H23N3O. The highest BCUT2D eigenvalue weighted by Gasteiger charge is 2.27. The monoisotopic (exact) mass is 201 g/mol. The maximum absolute atomic E-state index is 11.0. The lowest BCUT2D eigenvalue weighted by Gasteiger charge is -2.29. The lowest BCUT2D eigenvalue weighted by atomic mass is 10.0. The molecule has 14 heavy (non-hydrogen) atoms. The molecule has 84 valence electrons. The van der Waals surface area contributed by atoms with Crippen molar-refractivity contribution < 1.29 is 4.79 Å². The number of amides is 1. The van der Waals surface area contributed by atoms with Gasteiger partial charge in [0.25, 0.3) is 0 Å². The van der Waals surface area contributed by atoms with Gasteiger partial charge in [0.15, 0.2) is 0 Å². The zero-order valence-electron chi connectivity index (χ0n) is 9.55. The van der Waals surface area contributed by atoms with Crippen molar-refractivity contribution >= 4 is 5.91 Å². The van der Waals surface area contributed by atoms with E-state index in [0.29, 0.717) is 6.54 Å². The van der Waals surface area contributed by atoms with Gasteiger partial charge in [-0.1, -0.05) is 20.3 Å². The minimum absolute atomic E-state index is 0.438. The molecule has 0 aromatic carbocycles. The number of rotatable bonds is 7. The highest BCUT2D eigenvalue weighted by atomic mass is 16.1. The molecule has 0 aliphatic heterocycles. The Kier molecular flexibility index (Phi) is 5.72. The standard InChI is InChI=1S/C10H23N3O/c1-4-6-7-13(5-2)8-10(3,12)9(11)14/h4-8,12H2,1-3H3,(H2,11,14). The number of likely N-dealkylation sites (N-methyl/N-ethyl adjacent to an activating group) is 1. The van der Waals surface area contributed by atoms with E-state index >= 15 is 0 Å². The van der Waals surface area contributed by atoms with Crippen LogP contribution in [0.3, 0.4) is 0 Å². The second-order valence-corrected chi connectivity index (χ2v) is 4.00. The van der Waals surface area contributed by atoms with Crippen LogP contribution >= 0.6 is 0 Å². The first-order valence-corrected chi connectivity index (χ1v) is 5.25. The molecule has 0 aromatic rings. The van der Waals surface area contributed by atoms with E-state index in [1.54, 1.807) is 6.92 Å². The van der Waals surface area contributed by atoms with Crippen molar-refractivity contribution in [3.05, 3.63) is 0 Å². The van der Waals surface area contributed by atoms with E-state index < -0.39 is 11.4 Å². The molecule has 0 fully saturated rings. The van der Waals surface area contributed by atoms with Crippen LogP contribution in [0.5, 0.6) is 0 Å². The van der Waals surface area contributed by atoms with Crippen LogP contribution in [-0.2, 0) is 4.79 Å². The van der Waals surface area contributed by atoms with Crippen molar-refractivity contribution in [2.24, 2.45) is 11.5 Å². The van der Waals surface area contributed by atoms with Gasteiger partial charge in [-0.25, -0.2) is 0 Å². The van der Waals surface area contributed by atoms with Gasteiger partial charge < -0.3 is 16.4 Å². The number of primary amides is 1. The minimum Gasteiger partial charge on any atom is -0.368 e. The Bertz CT molecular complexity index is 180. The van der Waals surface area contributed by atoms with Crippen molar-refractivity contribution in [3.63, 3.8) is 0 Å². The van der Waals surface area contributed by atoms with Crippen molar-refractivity contribution in [1.29, 1.82) is 0 Å². The van der Waals surface area contributed by atoms with Crippen LogP contribution in [-0.4, -0.2) is 36.0 Å². The van der Waals surface area contributed by atoms with E-state index in [4.69, 9.17) is 11.5 Å². The Balaban J connectivity index is 4.09. The van der Waals surface area contributed by atoms with Crippen LogP contribution in [0.15, 0.2) is 0 Å². The first kappa shape index (κ1) is 13.4. The second-order valence-electron chi connectivity index (χ2n) is 4.00. The van der Waals surface area contributed by atoms with Crippen molar-refractivity contribution in [2.45, 2.75) is 39.2 Å². The van der Waals surface area contributed by atoms with Gasteiger partial charge in [-0.2, -0.15) is 0 Å². The predicted octanol–water partition coefficient (Wildman–Crippen LogP) is 0.311. The molecule has 0 spiro atoms. The van der Waals surface area contributed by atoms with E-state index in [9.17, 15) is 4.79 Å². The fourth-order valence-electron chi connectivity index (χ4n) is 1.27. The van der Waals surface area contributed by atoms with Gasteiger partial charge in [0.2, 0.25) is 5.91 Å².